The van der Waals surface area contributed by atoms with Gasteiger partial charge in [0.15, 0.2) is 0 Å². The lowest BCUT2D eigenvalue weighted by molar-refractivity contribution is 0.0989. The van der Waals surface area contributed by atoms with Crippen LogP contribution in [-0.4, -0.2) is 16.1 Å². The minimum Gasteiger partial charge on any atom is -0.489 e. The number of aromatic nitrogens is 2. The minimum atomic E-state index is -0.441. The number of carbonyl (C=O) groups is 1. The van der Waals surface area contributed by atoms with E-state index in [0.717, 1.165) is 11.3 Å². The second-order valence-electron chi connectivity index (χ2n) is 4.88. The minimum absolute atomic E-state index is 0.0631. The molecule has 1 aromatic heterocycles. The highest BCUT2D eigenvalue weighted by Crippen LogP contribution is 2.17. The van der Waals surface area contributed by atoms with E-state index in [1.165, 1.54) is 0 Å². The largest absolute Gasteiger partial charge is 0.489 e. The van der Waals surface area contributed by atoms with Gasteiger partial charge in [0.05, 0.1) is 0 Å². The molecule has 0 saturated carbocycles. The van der Waals surface area contributed by atoms with Crippen LogP contribution < -0.4 is 10.1 Å². The predicted octanol–water partition coefficient (Wildman–Crippen LogP) is 3.21. The molecule has 0 saturated heterocycles. The molecule has 3 rings (SSSR count). The molecule has 116 valence electrons. The third kappa shape index (κ3) is 3.94. The van der Waals surface area contributed by atoms with Gasteiger partial charge in [0.2, 0.25) is 5.89 Å². The van der Waals surface area contributed by atoms with Crippen LogP contribution in [0.1, 0.15) is 22.1 Å². The van der Waals surface area contributed by atoms with E-state index < -0.39 is 5.91 Å². The van der Waals surface area contributed by atoms with Crippen molar-refractivity contribution in [2.24, 2.45) is 0 Å². The van der Waals surface area contributed by atoms with Crippen molar-refractivity contribution in [2.75, 3.05) is 5.32 Å². The summed E-state index contributed by atoms with van der Waals surface area (Å²) in [5.41, 5.74) is 1.72. The number of anilines is 1. The third-order valence-corrected chi connectivity index (χ3v) is 3.08. The molecular weight excluding hydrogens is 294 g/mol. The first-order valence-corrected chi connectivity index (χ1v) is 7.09. The molecule has 0 aliphatic carbocycles. The number of hydrogen-bond acceptors (Lipinski definition) is 5. The van der Waals surface area contributed by atoms with Crippen molar-refractivity contribution in [2.45, 2.75) is 13.5 Å². The molecule has 0 aliphatic rings. The average Bonchev–Trinajstić information content (AvgIpc) is 3.02. The fourth-order valence-electron chi connectivity index (χ4n) is 1.95. The van der Waals surface area contributed by atoms with Gasteiger partial charge in [-0.3, -0.25) is 4.79 Å². The highest BCUT2D eigenvalue weighted by atomic mass is 16.5. The molecule has 0 atom stereocenters. The number of aryl methyl sites for hydroxylation is 1. The highest BCUT2D eigenvalue weighted by Gasteiger charge is 2.13. The van der Waals surface area contributed by atoms with Crippen molar-refractivity contribution in [1.29, 1.82) is 0 Å². The summed E-state index contributed by atoms with van der Waals surface area (Å²) in [4.78, 5) is 11.9. The third-order valence-electron chi connectivity index (χ3n) is 3.08. The monoisotopic (exact) mass is 309 g/mol. The molecule has 1 amide bonds. The molecule has 0 radical (unpaired) electrons. The molecule has 1 N–H and O–H groups in total. The number of nitrogens with zero attached hydrogens (tertiary/aromatic N) is 2. The van der Waals surface area contributed by atoms with E-state index in [0.29, 0.717) is 18.2 Å². The fourth-order valence-corrected chi connectivity index (χ4v) is 1.95. The molecule has 23 heavy (non-hydrogen) atoms. The van der Waals surface area contributed by atoms with Crippen molar-refractivity contribution >= 4 is 11.6 Å². The number of hydrogen-bond donors (Lipinski definition) is 1. The molecule has 0 fully saturated rings. The first kappa shape index (κ1) is 14.8. The zero-order valence-electron chi connectivity index (χ0n) is 12.5. The maximum Gasteiger partial charge on any atom is 0.313 e. The smallest absolute Gasteiger partial charge is 0.313 e. The van der Waals surface area contributed by atoms with Crippen LogP contribution in [0.2, 0.25) is 0 Å². The SMILES string of the molecule is Cc1nnc(C(=O)Nc2ccc(OCc3ccccc3)cc2)o1. The van der Waals surface area contributed by atoms with E-state index in [4.69, 9.17) is 9.15 Å². The van der Waals surface area contributed by atoms with E-state index in [1.807, 2.05) is 30.3 Å². The molecule has 0 bridgehead atoms. The van der Waals surface area contributed by atoms with E-state index in [2.05, 4.69) is 15.5 Å². The van der Waals surface area contributed by atoms with Crippen LogP contribution in [0.25, 0.3) is 0 Å². The van der Waals surface area contributed by atoms with Crippen molar-refractivity contribution in [3.8, 4) is 5.75 Å². The first-order valence-electron chi connectivity index (χ1n) is 7.09. The van der Waals surface area contributed by atoms with Gasteiger partial charge in [-0.05, 0) is 29.8 Å². The predicted molar refractivity (Wildman–Crippen MR) is 84.2 cm³/mol. The van der Waals surface area contributed by atoms with Crippen LogP contribution >= 0.6 is 0 Å². The zero-order chi connectivity index (χ0) is 16.1. The average molecular weight is 309 g/mol. The summed E-state index contributed by atoms with van der Waals surface area (Å²) >= 11 is 0. The molecule has 3 aromatic rings. The van der Waals surface area contributed by atoms with Gasteiger partial charge in [-0.2, -0.15) is 0 Å². The summed E-state index contributed by atoms with van der Waals surface area (Å²) in [6.07, 6.45) is 0. The summed E-state index contributed by atoms with van der Waals surface area (Å²) in [5.74, 6) is 0.566. The van der Waals surface area contributed by atoms with Crippen LogP contribution in [-0.2, 0) is 6.61 Å². The number of rotatable bonds is 5. The Bertz CT molecular complexity index is 782. The molecule has 2 aromatic carbocycles. The number of amides is 1. The van der Waals surface area contributed by atoms with Crippen LogP contribution in [0, 0.1) is 6.92 Å². The molecule has 6 nitrogen and oxygen atoms in total. The zero-order valence-corrected chi connectivity index (χ0v) is 12.5. The van der Waals surface area contributed by atoms with Gasteiger partial charge in [0.1, 0.15) is 12.4 Å². The summed E-state index contributed by atoms with van der Waals surface area (Å²) in [6.45, 7) is 2.12. The van der Waals surface area contributed by atoms with E-state index in [1.54, 1.807) is 31.2 Å². The lowest BCUT2D eigenvalue weighted by atomic mass is 10.2. The maximum absolute atomic E-state index is 11.9. The molecular formula is C17H15N3O3. The van der Waals surface area contributed by atoms with Gasteiger partial charge in [-0.25, -0.2) is 0 Å². The number of ether oxygens (including phenoxy) is 1. The van der Waals surface area contributed by atoms with Gasteiger partial charge in [0.25, 0.3) is 0 Å². The van der Waals surface area contributed by atoms with Crippen molar-refractivity contribution < 1.29 is 13.9 Å². The summed E-state index contributed by atoms with van der Waals surface area (Å²) in [7, 11) is 0. The lowest BCUT2D eigenvalue weighted by Crippen LogP contribution is -2.12. The molecule has 0 unspecified atom stereocenters. The number of benzene rings is 2. The number of carbonyl (C=O) groups excluding carboxylic acids is 1. The first-order chi connectivity index (χ1) is 11.2. The summed E-state index contributed by atoms with van der Waals surface area (Å²) in [5, 5.41) is 9.97. The van der Waals surface area contributed by atoms with Gasteiger partial charge >= 0.3 is 11.8 Å². The molecule has 0 spiro atoms. The summed E-state index contributed by atoms with van der Waals surface area (Å²) in [6, 6.07) is 17.0. The quantitative estimate of drug-likeness (QED) is 0.783. The Morgan fingerprint density at radius 1 is 1.09 bits per heavy atom. The van der Waals surface area contributed by atoms with Crippen molar-refractivity contribution in [3.05, 3.63) is 71.9 Å². The standard InChI is InChI=1S/C17H15N3O3/c1-12-19-20-17(23-12)16(21)18-14-7-9-15(10-8-14)22-11-13-5-3-2-4-6-13/h2-10H,11H2,1H3,(H,18,21). The van der Waals surface area contributed by atoms with E-state index in [-0.39, 0.29) is 5.89 Å². The molecule has 0 aliphatic heterocycles. The van der Waals surface area contributed by atoms with Gasteiger partial charge < -0.3 is 14.5 Å². The highest BCUT2D eigenvalue weighted by molar-refractivity contribution is 6.00. The Labute approximate surface area is 133 Å². The van der Waals surface area contributed by atoms with Gasteiger partial charge in [0, 0.05) is 12.6 Å². The van der Waals surface area contributed by atoms with E-state index in [9.17, 15) is 4.79 Å². The van der Waals surface area contributed by atoms with Crippen molar-refractivity contribution in [3.63, 3.8) is 0 Å². The second-order valence-corrected chi connectivity index (χ2v) is 4.88. The summed E-state index contributed by atoms with van der Waals surface area (Å²) < 4.78 is 10.8. The van der Waals surface area contributed by atoms with Gasteiger partial charge in [-0.1, -0.05) is 30.3 Å². The Morgan fingerprint density at radius 3 is 2.48 bits per heavy atom. The van der Waals surface area contributed by atoms with Crippen LogP contribution in [0.5, 0.6) is 5.75 Å². The Balaban J connectivity index is 1.57. The van der Waals surface area contributed by atoms with E-state index >= 15 is 0 Å². The fraction of sp³-hybridized carbons (Fsp3) is 0.118. The Hall–Kier alpha value is -3.15. The normalized spacial score (nSPS) is 10.3. The van der Waals surface area contributed by atoms with Crippen molar-refractivity contribution in [1.82, 2.24) is 10.2 Å². The lowest BCUT2D eigenvalue weighted by Gasteiger charge is -2.07. The molecule has 6 heteroatoms. The second kappa shape index (κ2) is 6.74. The van der Waals surface area contributed by atoms with Crippen LogP contribution in [0.15, 0.2) is 59.0 Å². The number of nitrogens with one attached hydrogen (secondary N) is 1. The van der Waals surface area contributed by atoms with Gasteiger partial charge in [-0.15, -0.1) is 10.2 Å². The Kier molecular flexibility index (Phi) is 4.33. The van der Waals surface area contributed by atoms with Crippen LogP contribution in [0.3, 0.4) is 0 Å². The Morgan fingerprint density at radius 2 is 1.83 bits per heavy atom. The topological polar surface area (TPSA) is 77.2 Å². The molecule has 1 heterocycles. The maximum atomic E-state index is 11.9. The van der Waals surface area contributed by atoms with Crippen LogP contribution in [0.4, 0.5) is 5.69 Å².